The third-order valence-corrected chi connectivity index (χ3v) is 5.94. The van der Waals surface area contributed by atoms with Crippen molar-refractivity contribution in [1.82, 2.24) is 10.2 Å². The van der Waals surface area contributed by atoms with E-state index in [1.165, 1.54) is 19.4 Å². The first-order chi connectivity index (χ1) is 11.7. The lowest BCUT2D eigenvalue weighted by Crippen LogP contribution is -2.53. The Morgan fingerprint density at radius 1 is 1.42 bits per heavy atom. The second-order valence-electron chi connectivity index (χ2n) is 7.04. The highest BCUT2D eigenvalue weighted by atomic mass is 35.5. The maximum atomic E-state index is 12.9. The molecular formula is C18H24ClN3O2. The standard InChI is InChI=1S/C18H24ClN3O2/c1-24-17-12-4-6-20-16(12)14(19)9-13(17)18(23)21-15-5-8-22-7-2-3-11(15)10-22/h9,11,15,20H,2-8,10H2,1H3,(H,21,23). The molecule has 24 heavy (non-hydrogen) atoms. The van der Waals surface area contributed by atoms with E-state index in [0.29, 0.717) is 22.3 Å². The highest BCUT2D eigenvalue weighted by molar-refractivity contribution is 6.34. The zero-order valence-electron chi connectivity index (χ0n) is 14.0. The first-order valence-corrected chi connectivity index (χ1v) is 9.21. The number of rotatable bonds is 3. The Morgan fingerprint density at radius 2 is 2.29 bits per heavy atom. The van der Waals surface area contributed by atoms with Crippen molar-refractivity contribution in [3.63, 3.8) is 0 Å². The van der Waals surface area contributed by atoms with E-state index in [0.717, 1.165) is 43.7 Å². The predicted molar refractivity (Wildman–Crippen MR) is 95.2 cm³/mol. The number of piperidine rings is 2. The molecule has 2 fully saturated rings. The topological polar surface area (TPSA) is 53.6 Å². The highest BCUT2D eigenvalue weighted by Crippen LogP contribution is 2.40. The minimum Gasteiger partial charge on any atom is -0.496 e. The van der Waals surface area contributed by atoms with E-state index in [1.54, 1.807) is 13.2 Å². The average Bonchev–Trinajstić information content (AvgIpc) is 3.08. The van der Waals surface area contributed by atoms with Crippen LogP contribution >= 0.6 is 11.6 Å². The number of nitrogens with one attached hydrogen (secondary N) is 2. The van der Waals surface area contributed by atoms with Crippen molar-refractivity contribution in [2.75, 3.05) is 38.6 Å². The summed E-state index contributed by atoms with van der Waals surface area (Å²) in [5.41, 5.74) is 2.48. The molecule has 1 amide bonds. The van der Waals surface area contributed by atoms with Gasteiger partial charge in [0.05, 0.1) is 23.4 Å². The Hall–Kier alpha value is -1.46. The van der Waals surface area contributed by atoms with E-state index in [4.69, 9.17) is 16.3 Å². The smallest absolute Gasteiger partial charge is 0.255 e. The maximum Gasteiger partial charge on any atom is 0.255 e. The molecule has 3 aliphatic rings. The Kier molecular flexibility index (Phi) is 4.31. The third-order valence-electron chi connectivity index (χ3n) is 5.64. The maximum absolute atomic E-state index is 12.9. The number of nitrogens with zero attached hydrogens (tertiary/aromatic N) is 1. The number of carbonyl (C=O) groups is 1. The normalized spacial score (nSPS) is 28.0. The average molecular weight is 350 g/mol. The molecule has 3 unspecified atom stereocenters. The van der Waals surface area contributed by atoms with Gasteiger partial charge in [-0.1, -0.05) is 11.6 Å². The molecule has 0 aliphatic carbocycles. The minimum absolute atomic E-state index is 0.0625. The quantitative estimate of drug-likeness (QED) is 0.880. The molecule has 0 spiro atoms. The second-order valence-corrected chi connectivity index (χ2v) is 7.45. The minimum atomic E-state index is -0.0625. The zero-order chi connectivity index (χ0) is 16.7. The molecule has 0 radical (unpaired) electrons. The fourth-order valence-corrected chi connectivity index (χ4v) is 4.73. The van der Waals surface area contributed by atoms with Crippen LogP contribution in [0.15, 0.2) is 6.07 Å². The van der Waals surface area contributed by atoms with Gasteiger partial charge in [0.1, 0.15) is 5.75 Å². The summed E-state index contributed by atoms with van der Waals surface area (Å²) < 4.78 is 5.57. The summed E-state index contributed by atoms with van der Waals surface area (Å²) in [5, 5.41) is 7.13. The number of carbonyl (C=O) groups excluding carboxylic acids is 1. The van der Waals surface area contributed by atoms with Gasteiger partial charge in [-0.2, -0.15) is 0 Å². The molecule has 2 N–H and O–H groups in total. The van der Waals surface area contributed by atoms with Gasteiger partial charge < -0.3 is 20.3 Å². The van der Waals surface area contributed by atoms with Crippen LogP contribution in [0.5, 0.6) is 5.75 Å². The molecular weight excluding hydrogens is 326 g/mol. The first-order valence-electron chi connectivity index (χ1n) is 8.84. The molecule has 2 saturated heterocycles. The van der Waals surface area contributed by atoms with E-state index >= 15 is 0 Å². The predicted octanol–water partition coefficient (Wildman–Crippen LogP) is 2.53. The number of halogens is 1. The number of amides is 1. The second kappa shape index (κ2) is 6.45. The summed E-state index contributed by atoms with van der Waals surface area (Å²) >= 11 is 6.37. The van der Waals surface area contributed by atoms with E-state index in [2.05, 4.69) is 15.5 Å². The molecule has 3 atom stereocenters. The van der Waals surface area contributed by atoms with Crippen molar-refractivity contribution in [1.29, 1.82) is 0 Å². The molecule has 4 rings (SSSR count). The van der Waals surface area contributed by atoms with E-state index < -0.39 is 0 Å². The first kappa shape index (κ1) is 16.0. The van der Waals surface area contributed by atoms with Crippen LogP contribution in [0.3, 0.4) is 0 Å². The number of methoxy groups -OCH3 is 1. The monoisotopic (exact) mass is 349 g/mol. The van der Waals surface area contributed by atoms with E-state index in [9.17, 15) is 4.79 Å². The van der Waals surface area contributed by atoms with Crippen molar-refractivity contribution in [2.45, 2.75) is 31.7 Å². The Morgan fingerprint density at radius 3 is 3.12 bits per heavy atom. The molecule has 6 heteroatoms. The molecule has 5 nitrogen and oxygen atoms in total. The van der Waals surface area contributed by atoms with Gasteiger partial charge in [-0.15, -0.1) is 0 Å². The summed E-state index contributed by atoms with van der Waals surface area (Å²) in [5.74, 6) is 1.17. The largest absolute Gasteiger partial charge is 0.496 e. The summed E-state index contributed by atoms with van der Waals surface area (Å²) in [7, 11) is 1.62. The lowest BCUT2D eigenvalue weighted by molar-refractivity contribution is 0.0737. The summed E-state index contributed by atoms with van der Waals surface area (Å²) in [6, 6.07) is 1.99. The van der Waals surface area contributed by atoms with Crippen LogP contribution in [0.1, 0.15) is 35.2 Å². The van der Waals surface area contributed by atoms with Crippen LogP contribution in [0.4, 0.5) is 5.69 Å². The van der Waals surface area contributed by atoms with Gasteiger partial charge in [0, 0.05) is 31.2 Å². The molecule has 0 aromatic heterocycles. The fourth-order valence-electron chi connectivity index (χ4n) is 4.44. The Labute approximate surface area is 147 Å². The number of fused-ring (bicyclic) bond motifs is 3. The van der Waals surface area contributed by atoms with E-state index in [1.807, 2.05) is 0 Å². The number of anilines is 1. The Bertz CT molecular complexity index is 664. The zero-order valence-corrected chi connectivity index (χ0v) is 14.8. The van der Waals surface area contributed by atoms with Gasteiger partial charge in [0.15, 0.2) is 0 Å². The van der Waals surface area contributed by atoms with Crippen molar-refractivity contribution >= 4 is 23.2 Å². The van der Waals surface area contributed by atoms with Crippen LogP contribution in [-0.2, 0) is 6.42 Å². The molecule has 0 saturated carbocycles. The van der Waals surface area contributed by atoms with Gasteiger partial charge >= 0.3 is 0 Å². The van der Waals surface area contributed by atoms with Crippen LogP contribution < -0.4 is 15.4 Å². The molecule has 1 aromatic rings. The van der Waals surface area contributed by atoms with Gasteiger partial charge in [-0.25, -0.2) is 0 Å². The van der Waals surface area contributed by atoms with Crippen molar-refractivity contribution in [2.24, 2.45) is 5.92 Å². The van der Waals surface area contributed by atoms with Crippen molar-refractivity contribution < 1.29 is 9.53 Å². The SMILES string of the molecule is COc1c(C(=O)NC2CCN3CCCC2C3)cc(Cl)c2c1CCN2. The lowest BCUT2D eigenvalue weighted by Gasteiger charge is -2.42. The van der Waals surface area contributed by atoms with Crippen LogP contribution in [0.2, 0.25) is 5.02 Å². The van der Waals surface area contributed by atoms with Gasteiger partial charge in [0.2, 0.25) is 0 Å². The summed E-state index contributed by atoms with van der Waals surface area (Å²) in [4.78, 5) is 15.4. The number of benzene rings is 1. The molecule has 3 heterocycles. The van der Waals surface area contributed by atoms with Gasteiger partial charge in [-0.3, -0.25) is 4.79 Å². The summed E-state index contributed by atoms with van der Waals surface area (Å²) in [6.07, 6.45) is 4.30. The van der Waals surface area contributed by atoms with Crippen LogP contribution in [0.25, 0.3) is 0 Å². The third kappa shape index (κ3) is 2.74. The number of ether oxygens (including phenoxy) is 1. The number of hydrogen-bond donors (Lipinski definition) is 2. The fraction of sp³-hybridized carbons (Fsp3) is 0.611. The van der Waals surface area contributed by atoms with Gasteiger partial charge in [-0.05, 0) is 44.2 Å². The molecule has 130 valence electrons. The van der Waals surface area contributed by atoms with Gasteiger partial charge in [0.25, 0.3) is 5.91 Å². The molecule has 2 bridgehead atoms. The van der Waals surface area contributed by atoms with Crippen LogP contribution in [0, 0.1) is 5.92 Å². The van der Waals surface area contributed by atoms with Crippen molar-refractivity contribution in [3.8, 4) is 5.75 Å². The van der Waals surface area contributed by atoms with Crippen LogP contribution in [-0.4, -0.2) is 50.1 Å². The summed E-state index contributed by atoms with van der Waals surface area (Å²) in [6.45, 7) is 4.22. The molecule has 1 aromatic carbocycles. The Balaban J connectivity index is 1.57. The highest BCUT2D eigenvalue weighted by Gasteiger charge is 2.34. The lowest BCUT2D eigenvalue weighted by atomic mass is 9.85. The molecule has 3 aliphatic heterocycles. The van der Waals surface area contributed by atoms with Crippen molar-refractivity contribution in [3.05, 3.63) is 22.2 Å². The number of hydrogen-bond acceptors (Lipinski definition) is 4. The van der Waals surface area contributed by atoms with E-state index in [-0.39, 0.29) is 11.9 Å².